The third-order valence-electron chi connectivity index (χ3n) is 4.58. The summed E-state index contributed by atoms with van der Waals surface area (Å²) in [6, 6.07) is 14.9. The predicted octanol–water partition coefficient (Wildman–Crippen LogP) is 6.49. The molecular formula is C22H27BrClNO2S. The first-order valence-corrected chi connectivity index (χ1v) is 10.9. The van der Waals surface area contributed by atoms with Gasteiger partial charge in [0.2, 0.25) is 0 Å². The molecule has 0 aliphatic rings. The zero-order valence-corrected chi connectivity index (χ0v) is 19.5. The molecular weight excluding hydrogens is 458 g/mol. The number of likely N-dealkylation sites (N-methyl/N-ethyl adjacent to an activating group) is 1. The van der Waals surface area contributed by atoms with Gasteiger partial charge in [-0.15, -0.1) is 23.7 Å². The van der Waals surface area contributed by atoms with Crippen molar-refractivity contribution < 1.29 is 9.47 Å². The molecule has 1 aromatic heterocycles. The van der Waals surface area contributed by atoms with Gasteiger partial charge in [0.25, 0.3) is 0 Å². The highest BCUT2D eigenvalue weighted by Crippen LogP contribution is 2.36. The normalized spacial score (nSPS) is 11.0. The summed E-state index contributed by atoms with van der Waals surface area (Å²) in [6.07, 6.45) is 2.19. The van der Waals surface area contributed by atoms with Gasteiger partial charge in [-0.05, 0) is 67.7 Å². The van der Waals surface area contributed by atoms with E-state index in [1.807, 2.05) is 0 Å². The first-order valence-electron chi connectivity index (χ1n) is 9.25. The van der Waals surface area contributed by atoms with Crippen LogP contribution in [0.3, 0.4) is 0 Å². The van der Waals surface area contributed by atoms with Crippen LogP contribution in [0.1, 0.15) is 12.8 Å². The average molecular weight is 485 g/mol. The van der Waals surface area contributed by atoms with Crippen molar-refractivity contribution in [3.05, 3.63) is 52.3 Å². The molecule has 0 spiro atoms. The Bertz CT molecular complexity index is 853. The van der Waals surface area contributed by atoms with E-state index in [-0.39, 0.29) is 12.4 Å². The van der Waals surface area contributed by atoms with Crippen LogP contribution >= 0.6 is 39.7 Å². The Morgan fingerprint density at radius 3 is 2.54 bits per heavy atom. The molecule has 28 heavy (non-hydrogen) atoms. The van der Waals surface area contributed by atoms with Crippen molar-refractivity contribution in [3.63, 3.8) is 0 Å². The van der Waals surface area contributed by atoms with Gasteiger partial charge in [-0.2, -0.15) is 0 Å². The molecule has 0 saturated heterocycles. The number of nitrogens with zero attached hydrogens (tertiary/aromatic N) is 1. The number of unbranched alkanes of at least 4 members (excludes halogenated alkanes) is 1. The minimum Gasteiger partial charge on any atom is -0.494 e. The Labute approximate surface area is 186 Å². The molecule has 0 aliphatic carbocycles. The molecule has 0 N–H and O–H groups in total. The fourth-order valence-corrected chi connectivity index (χ4v) is 4.25. The van der Waals surface area contributed by atoms with Gasteiger partial charge in [0.05, 0.1) is 13.2 Å². The monoisotopic (exact) mass is 483 g/mol. The largest absolute Gasteiger partial charge is 0.494 e. The van der Waals surface area contributed by atoms with E-state index in [1.165, 1.54) is 21.2 Å². The van der Waals surface area contributed by atoms with Crippen LogP contribution in [0.2, 0.25) is 0 Å². The van der Waals surface area contributed by atoms with E-state index in [1.54, 1.807) is 18.4 Å². The van der Waals surface area contributed by atoms with Crippen LogP contribution in [0.4, 0.5) is 0 Å². The van der Waals surface area contributed by atoms with Crippen LogP contribution in [0.25, 0.3) is 21.2 Å². The summed E-state index contributed by atoms with van der Waals surface area (Å²) >= 11 is 5.27. The quantitative estimate of drug-likeness (QED) is 0.307. The topological polar surface area (TPSA) is 21.7 Å². The number of thiophene rings is 1. The maximum absolute atomic E-state index is 5.97. The molecule has 0 saturated carbocycles. The lowest BCUT2D eigenvalue weighted by atomic mass is 10.1. The highest BCUT2D eigenvalue weighted by atomic mass is 79.9. The molecule has 0 radical (unpaired) electrons. The molecule has 0 aliphatic heterocycles. The first kappa shape index (κ1) is 23.2. The minimum absolute atomic E-state index is 0. The maximum atomic E-state index is 5.97. The summed E-state index contributed by atoms with van der Waals surface area (Å²) in [7, 11) is 3.88. The molecule has 0 unspecified atom stereocenters. The number of halogens is 2. The number of rotatable bonds is 10. The summed E-state index contributed by atoms with van der Waals surface area (Å²) < 4.78 is 13.4. The van der Waals surface area contributed by atoms with Gasteiger partial charge in [-0.25, -0.2) is 0 Å². The summed E-state index contributed by atoms with van der Waals surface area (Å²) in [4.78, 5) is 2.30. The van der Waals surface area contributed by atoms with Crippen LogP contribution in [-0.4, -0.2) is 45.4 Å². The van der Waals surface area contributed by atoms with E-state index in [2.05, 4.69) is 75.7 Å². The molecule has 6 heteroatoms. The second-order valence-electron chi connectivity index (χ2n) is 6.67. The molecule has 3 aromatic rings. The van der Waals surface area contributed by atoms with Crippen LogP contribution < -0.4 is 4.74 Å². The number of hydrogen-bond acceptors (Lipinski definition) is 4. The first-order chi connectivity index (χ1) is 13.2. The van der Waals surface area contributed by atoms with Gasteiger partial charge in [0.15, 0.2) is 0 Å². The van der Waals surface area contributed by atoms with Crippen molar-refractivity contribution in [2.75, 3.05) is 40.5 Å². The zero-order valence-electron chi connectivity index (χ0n) is 16.3. The predicted molar refractivity (Wildman–Crippen MR) is 126 cm³/mol. The summed E-state index contributed by atoms with van der Waals surface area (Å²) in [5.74, 6) is 0.958. The lowest BCUT2D eigenvalue weighted by Crippen LogP contribution is -2.24. The molecule has 0 fully saturated rings. The second-order valence-corrected chi connectivity index (χ2v) is 8.49. The fourth-order valence-electron chi connectivity index (χ4n) is 2.98. The lowest BCUT2D eigenvalue weighted by molar-refractivity contribution is 0.159. The van der Waals surface area contributed by atoms with Gasteiger partial charge in [-0.3, -0.25) is 0 Å². The molecule has 0 atom stereocenters. The Kier molecular flexibility index (Phi) is 9.75. The van der Waals surface area contributed by atoms with E-state index in [9.17, 15) is 0 Å². The highest BCUT2D eigenvalue weighted by molar-refractivity contribution is 9.10. The van der Waals surface area contributed by atoms with Crippen LogP contribution in [0.15, 0.2) is 52.3 Å². The van der Waals surface area contributed by atoms with E-state index in [4.69, 9.17) is 9.47 Å². The van der Waals surface area contributed by atoms with Gasteiger partial charge < -0.3 is 14.4 Å². The summed E-state index contributed by atoms with van der Waals surface area (Å²) in [5.41, 5.74) is 2.53. The molecule has 0 amide bonds. The van der Waals surface area contributed by atoms with Crippen molar-refractivity contribution >= 4 is 49.8 Å². The number of hydrogen-bond donors (Lipinski definition) is 0. The van der Waals surface area contributed by atoms with Crippen LogP contribution in [0, 0.1) is 0 Å². The molecule has 152 valence electrons. The molecule has 1 heterocycles. The average Bonchev–Trinajstić information content (AvgIpc) is 3.10. The van der Waals surface area contributed by atoms with Crippen molar-refractivity contribution in [3.8, 4) is 16.9 Å². The lowest BCUT2D eigenvalue weighted by Gasteiger charge is -2.15. The molecule has 3 rings (SSSR count). The van der Waals surface area contributed by atoms with Crippen molar-refractivity contribution in [1.29, 1.82) is 0 Å². The van der Waals surface area contributed by atoms with Gasteiger partial charge in [-0.1, -0.05) is 28.1 Å². The maximum Gasteiger partial charge on any atom is 0.120 e. The molecule has 3 nitrogen and oxygen atoms in total. The number of benzene rings is 2. The zero-order chi connectivity index (χ0) is 19.1. The van der Waals surface area contributed by atoms with Gasteiger partial charge >= 0.3 is 0 Å². The van der Waals surface area contributed by atoms with E-state index in [0.29, 0.717) is 0 Å². The second kappa shape index (κ2) is 11.8. The van der Waals surface area contributed by atoms with Gasteiger partial charge in [0, 0.05) is 33.8 Å². The Balaban J connectivity index is 0.00000280. The van der Waals surface area contributed by atoms with E-state index < -0.39 is 0 Å². The Morgan fingerprint density at radius 2 is 1.79 bits per heavy atom. The van der Waals surface area contributed by atoms with Crippen LogP contribution in [-0.2, 0) is 4.74 Å². The standard InChI is InChI=1S/C22H26BrNO2S.ClH/c1-24(12-14-25-2)11-3-4-13-26-19-9-10-20-21(16-27-22(20)15-19)17-5-7-18(23)8-6-17;/h5-10,15-16H,3-4,11-14H2,1-2H3;1H. The third-order valence-corrected chi connectivity index (χ3v) is 6.06. The molecule has 0 bridgehead atoms. The van der Waals surface area contributed by atoms with Crippen molar-refractivity contribution in [2.45, 2.75) is 12.8 Å². The number of ether oxygens (including phenoxy) is 2. The Hall–Kier alpha value is -1.11. The summed E-state index contributed by atoms with van der Waals surface area (Å²) in [5, 5.41) is 3.52. The van der Waals surface area contributed by atoms with Crippen molar-refractivity contribution in [1.82, 2.24) is 4.90 Å². The fraction of sp³-hybridized carbons (Fsp3) is 0.364. The van der Waals surface area contributed by atoms with Gasteiger partial charge in [0.1, 0.15) is 5.75 Å². The van der Waals surface area contributed by atoms with E-state index >= 15 is 0 Å². The SMILES string of the molecule is COCCN(C)CCCCOc1ccc2c(-c3ccc(Br)cc3)csc2c1.Cl. The third kappa shape index (κ3) is 6.46. The van der Waals surface area contributed by atoms with Crippen molar-refractivity contribution in [2.24, 2.45) is 0 Å². The van der Waals surface area contributed by atoms with Crippen LogP contribution in [0.5, 0.6) is 5.75 Å². The van der Waals surface area contributed by atoms with E-state index in [0.717, 1.165) is 49.4 Å². The smallest absolute Gasteiger partial charge is 0.120 e. The number of methoxy groups -OCH3 is 1. The number of fused-ring (bicyclic) bond motifs is 1. The minimum atomic E-state index is 0. The molecule has 2 aromatic carbocycles. The summed E-state index contributed by atoms with van der Waals surface area (Å²) in [6.45, 7) is 3.60. The Morgan fingerprint density at radius 1 is 1.00 bits per heavy atom. The highest BCUT2D eigenvalue weighted by Gasteiger charge is 2.08.